The summed E-state index contributed by atoms with van der Waals surface area (Å²) >= 11 is 0. The molecule has 1 unspecified atom stereocenters. The Morgan fingerprint density at radius 3 is 3.04 bits per heavy atom. The Morgan fingerprint density at radius 2 is 2.29 bits per heavy atom. The molecule has 8 nitrogen and oxygen atoms in total. The van der Waals surface area contributed by atoms with Gasteiger partial charge in [0.2, 0.25) is 0 Å². The zero-order valence-corrected chi connectivity index (χ0v) is 13.9. The van der Waals surface area contributed by atoms with Crippen LogP contribution in [0.1, 0.15) is 29.5 Å². The fraction of sp³-hybridized carbons (Fsp3) is 0.500. The van der Waals surface area contributed by atoms with Crippen LogP contribution in [0.5, 0.6) is 0 Å². The molecule has 3 rings (SSSR count). The van der Waals surface area contributed by atoms with E-state index in [9.17, 15) is 9.59 Å². The fourth-order valence-electron chi connectivity index (χ4n) is 2.90. The van der Waals surface area contributed by atoms with E-state index in [2.05, 4.69) is 20.5 Å². The average molecular weight is 331 g/mol. The molecule has 0 spiro atoms. The van der Waals surface area contributed by atoms with Crippen molar-refractivity contribution < 1.29 is 9.32 Å². The maximum Gasteiger partial charge on any atom is 0.268 e. The highest BCUT2D eigenvalue weighted by molar-refractivity contribution is 5.94. The molecule has 128 valence electrons. The van der Waals surface area contributed by atoms with Crippen LogP contribution in [-0.2, 0) is 13.5 Å². The molecule has 1 amide bonds. The second kappa shape index (κ2) is 6.86. The van der Waals surface area contributed by atoms with Crippen molar-refractivity contribution >= 4 is 11.6 Å². The SMILES string of the molecule is CCc1oncc1C(=O)NCC1CCN(c2cnn(C)c(=O)c2)C1. The first kappa shape index (κ1) is 16.2. The van der Waals surface area contributed by atoms with Crippen LogP contribution >= 0.6 is 0 Å². The van der Waals surface area contributed by atoms with Crippen LogP contribution in [0.3, 0.4) is 0 Å². The van der Waals surface area contributed by atoms with Crippen LogP contribution in [0.4, 0.5) is 5.69 Å². The monoisotopic (exact) mass is 331 g/mol. The zero-order valence-electron chi connectivity index (χ0n) is 13.9. The molecule has 24 heavy (non-hydrogen) atoms. The zero-order chi connectivity index (χ0) is 17.1. The number of aromatic nitrogens is 3. The Bertz CT molecular complexity index is 782. The van der Waals surface area contributed by atoms with Gasteiger partial charge >= 0.3 is 0 Å². The highest BCUT2D eigenvalue weighted by Gasteiger charge is 2.24. The summed E-state index contributed by atoms with van der Waals surface area (Å²) in [5.41, 5.74) is 1.21. The van der Waals surface area contributed by atoms with Gasteiger partial charge in [-0.25, -0.2) is 4.68 Å². The van der Waals surface area contributed by atoms with Gasteiger partial charge in [-0.05, 0) is 12.3 Å². The van der Waals surface area contributed by atoms with Gasteiger partial charge in [0.15, 0.2) is 0 Å². The molecule has 3 heterocycles. The molecule has 0 saturated carbocycles. The van der Waals surface area contributed by atoms with Crippen LogP contribution < -0.4 is 15.8 Å². The lowest BCUT2D eigenvalue weighted by molar-refractivity contribution is 0.0946. The number of carbonyl (C=O) groups excluding carboxylic acids is 1. The van der Waals surface area contributed by atoms with Crippen molar-refractivity contribution in [3.63, 3.8) is 0 Å². The van der Waals surface area contributed by atoms with E-state index in [0.717, 1.165) is 25.2 Å². The van der Waals surface area contributed by atoms with Crippen LogP contribution in [0.15, 0.2) is 27.8 Å². The maximum absolute atomic E-state index is 12.2. The smallest absolute Gasteiger partial charge is 0.268 e. The topological polar surface area (TPSA) is 93.3 Å². The maximum atomic E-state index is 12.2. The summed E-state index contributed by atoms with van der Waals surface area (Å²) in [7, 11) is 1.63. The molecule has 0 aliphatic carbocycles. The number of hydrogen-bond donors (Lipinski definition) is 1. The molecule has 0 aromatic carbocycles. The van der Waals surface area contributed by atoms with Crippen molar-refractivity contribution in [3.8, 4) is 0 Å². The van der Waals surface area contributed by atoms with E-state index in [1.54, 1.807) is 19.3 Å². The summed E-state index contributed by atoms with van der Waals surface area (Å²) in [5.74, 6) is 0.788. The summed E-state index contributed by atoms with van der Waals surface area (Å²) in [5, 5.41) is 10.7. The predicted molar refractivity (Wildman–Crippen MR) is 88.0 cm³/mol. The number of anilines is 1. The first-order valence-electron chi connectivity index (χ1n) is 8.08. The highest BCUT2D eigenvalue weighted by atomic mass is 16.5. The Balaban J connectivity index is 1.55. The average Bonchev–Trinajstić information content (AvgIpc) is 3.24. The molecular weight excluding hydrogens is 310 g/mol. The highest BCUT2D eigenvalue weighted by Crippen LogP contribution is 2.21. The van der Waals surface area contributed by atoms with Gasteiger partial charge in [-0.15, -0.1) is 0 Å². The Morgan fingerprint density at radius 1 is 1.46 bits per heavy atom. The lowest BCUT2D eigenvalue weighted by Crippen LogP contribution is -2.31. The molecule has 8 heteroatoms. The molecule has 0 radical (unpaired) electrons. The van der Waals surface area contributed by atoms with E-state index in [1.807, 2.05) is 6.92 Å². The van der Waals surface area contributed by atoms with E-state index < -0.39 is 0 Å². The number of hydrogen-bond acceptors (Lipinski definition) is 6. The van der Waals surface area contributed by atoms with E-state index in [1.165, 1.54) is 10.9 Å². The van der Waals surface area contributed by atoms with Crippen molar-refractivity contribution in [2.24, 2.45) is 13.0 Å². The molecule has 1 saturated heterocycles. The Labute approximate surface area is 139 Å². The van der Waals surface area contributed by atoms with Gasteiger partial charge in [0.05, 0.1) is 18.1 Å². The van der Waals surface area contributed by atoms with Gasteiger partial charge < -0.3 is 14.7 Å². The molecule has 0 bridgehead atoms. The van der Waals surface area contributed by atoms with Gasteiger partial charge in [0.1, 0.15) is 11.3 Å². The molecule has 1 atom stereocenters. The van der Waals surface area contributed by atoms with Crippen LogP contribution in [0.2, 0.25) is 0 Å². The van der Waals surface area contributed by atoms with Crippen molar-refractivity contribution in [1.82, 2.24) is 20.3 Å². The van der Waals surface area contributed by atoms with Gasteiger partial charge in [-0.1, -0.05) is 12.1 Å². The number of amides is 1. The van der Waals surface area contributed by atoms with Crippen molar-refractivity contribution in [3.05, 3.63) is 40.1 Å². The van der Waals surface area contributed by atoms with Crippen LogP contribution in [-0.4, -0.2) is 40.5 Å². The molecule has 2 aromatic rings. The van der Waals surface area contributed by atoms with Gasteiger partial charge in [-0.2, -0.15) is 5.10 Å². The van der Waals surface area contributed by atoms with E-state index >= 15 is 0 Å². The lowest BCUT2D eigenvalue weighted by atomic mass is 10.1. The standard InChI is InChI=1S/C16H21N5O3/c1-3-14-13(9-19-24-14)16(23)17-7-11-4-5-21(10-11)12-6-15(22)20(2)18-8-12/h6,8-9,11H,3-5,7,10H2,1-2H3,(H,17,23). The van der Waals surface area contributed by atoms with Crippen molar-refractivity contribution in [2.45, 2.75) is 19.8 Å². The third-order valence-corrected chi connectivity index (χ3v) is 4.37. The lowest BCUT2D eigenvalue weighted by Gasteiger charge is -2.18. The number of rotatable bonds is 5. The first-order chi connectivity index (χ1) is 11.6. The number of nitrogens with one attached hydrogen (secondary N) is 1. The van der Waals surface area contributed by atoms with Crippen LogP contribution in [0.25, 0.3) is 0 Å². The molecule has 2 aromatic heterocycles. The Hall–Kier alpha value is -2.64. The number of aryl methyl sites for hydroxylation is 2. The number of nitrogens with zero attached hydrogens (tertiary/aromatic N) is 4. The predicted octanol–water partition coefficient (Wildman–Crippen LogP) is 0.587. The number of carbonyl (C=O) groups is 1. The molecule has 1 aliphatic heterocycles. The van der Waals surface area contributed by atoms with Gasteiger partial charge in [0.25, 0.3) is 11.5 Å². The van der Waals surface area contributed by atoms with E-state index in [0.29, 0.717) is 30.2 Å². The van der Waals surface area contributed by atoms with Crippen molar-refractivity contribution in [1.29, 1.82) is 0 Å². The summed E-state index contributed by atoms with van der Waals surface area (Å²) < 4.78 is 6.35. The third kappa shape index (κ3) is 3.32. The largest absolute Gasteiger partial charge is 0.370 e. The Kier molecular flexibility index (Phi) is 4.64. The summed E-state index contributed by atoms with van der Waals surface area (Å²) in [6.45, 7) is 4.15. The summed E-state index contributed by atoms with van der Waals surface area (Å²) in [6, 6.07) is 1.60. The minimum atomic E-state index is -0.151. The van der Waals surface area contributed by atoms with E-state index in [4.69, 9.17) is 4.52 Å². The minimum Gasteiger partial charge on any atom is -0.370 e. The molecule has 1 N–H and O–H groups in total. The summed E-state index contributed by atoms with van der Waals surface area (Å²) in [4.78, 5) is 26.0. The minimum absolute atomic E-state index is 0.121. The molecule has 1 aliphatic rings. The van der Waals surface area contributed by atoms with E-state index in [-0.39, 0.29) is 11.5 Å². The fourth-order valence-corrected chi connectivity index (χ4v) is 2.90. The van der Waals surface area contributed by atoms with Crippen LogP contribution in [0, 0.1) is 5.92 Å². The van der Waals surface area contributed by atoms with Gasteiger partial charge in [-0.3, -0.25) is 9.59 Å². The molecular formula is C16H21N5O3. The second-order valence-corrected chi connectivity index (χ2v) is 6.00. The second-order valence-electron chi connectivity index (χ2n) is 6.00. The normalized spacial score (nSPS) is 17.2. The van der Waals surface area contributed by atoms with Crippen molar-refractivity contribution in [2.75, 3.05) is 24.5 Å². The summed E-state index contributed by atoms with van der Waals surface area (Å²) in [6.07, 6.45) is 4.75. The quantitative estimate of drug-likeness (QED) is 0.862. The third-order valence-electron chi connectivity index (χ3n) is 4.37. The first-order valence-corrected chi connectivity index (χ1v) is 8.08. The molecule has 1 fully saturated rings. The van der Waals surface area contributed by atoms with Gasteiger partial charge in [0, 0.05) is 39.2 Å².